The molecule has 1 unspecified atom stereocenters. The van der Waals surface area contributed by atoms with Gasteiger partial charge >= 0.3 is 0 Å². The topological polar surface area (TPSA) is 58.2 Å². The monoisotopic (exact) mass is 356 g/mol. The molecule has 2 aromatic carbocycles. The SMILES string of the molecule is CCc1cccc(C)c1NC(=O)C(C)Sc1ccc(NC(C)=O)cc1. The minimum absolute atomic E-state index is 0.0139. The summed E-state index contributed by atoms with van der Waals surface area (Å²) in [7, 11) is 0. The second-order valence-corrected chi connectivity index (χ2v) is 7.33. The quantitative estimate of drug-likeness (QED) is 0.742. The normalized spacial score (nSPS) is 11.7. The fourth-order valence-electron chi connectivity index (χ4n) is 2.50. The number of carbonyl (C=O) groups excluding carboxylic acids is 2. The Hall–Kier alpha value is -2.27. The molecule has 0 bridgehead atoms. The van der Waals surface area contributed by atoms with E-state index in [2.05, 4.69) is 17.6 Å². The Morgan fingerprint density at radius 3 is 2.36 bits per heavy atom. The molecule has 2 N–H and O–H groups in total. The van der Waals surface area contributed by atoms with Gasteiger partial charge in [-0.2, -0.15) is 0 Å². The maximum atomic E-state index is 12.6. The summed E-state index contributed by atoms with van der Waals surface area (Å²) in [4.78, 5) is 24.6. The largest absolute Gasteiger partial charge is 0.326 e. The van der Waals surface area contributed by atoms with E-state index in [1.807, 2.05) is 56.3 Å². The molecule has 132 valence electrons. The number of thioether (sulfide) groups is 1. The van der Waals surface area contributed by atoms with Crippen LogP contribution < -0.4 is 10.6 Å². The molecule has 5 heteroatoms. The number of benzene rings is 2. The Balaban J connectivity index is 2.02. The van der Waals surface area contributed by atoms with Crippen LogP contribution in [0.25, 0.3) is 0 Å². The van der Waals surface area contributed by atoms with Crippen LogP contribution in [-0.2, 0) is 16.0 Å². The lowest BCUT2D eigenvalue weighted by molar-refractivity contribution is -0.115. The number of hydrogen-bond acceptors (Lipinski definition) is 3. The van der Waals surface area contributed by atoms with Crippen LogP contribution in [0, 0.1) is 6.92 Å². The molecule has 0 aliphatic rings. The molecule has 2 amide bonds. The van der Waals surface area contributed by atoms with Crippen molar-refractivity contribution in [2.45, 2.75) is 44.3 Å². The van der Waals surface area contributed by atoms with Crippen molar-refractivity contribution in [1.82, 2.24) is 0 Å². The van der Waals surface area contributed by atoms with E-state index in [9.17, 15) is 9.59 Å². The molecule has 0 fully saturated rings. The zero-order chi connectivity index (χ0) is 18.4. The predicted octanol–water partition coefficient (Wildman–Crippen LogP) is 4.64. The molecule has 25 heavy (non-hydrogen) atoms. The number of carbonyl (C=O) groups is 2. The van der Waals surface area contributed by atoms with Crippen molar-refractivity contribution >= 4 is 35.0 Å². The zero-order valence-corrected chi connectivity index (χ0v) is 15.9. The van der Waals surface area contributed by atoms with Gasteiger partial charge in [0.1, 0.15) is 0 Å². The number of para-hydroxylation sites is 1. The van der Waals surface area contributed by atoms with Crippen LogP contribution in [0.5, 0.6) is 0 Å². The van der Waals surface area contributed by atoms with E-state index in [0.29, 0.717) is 0 Å². The van der Waals surface area contributed by atoms with E-state index in [4.69, 9.17) is 0 Å². The van der Waals surface area contributed by atoms with E-state index in [1.54, 1.807) is 0 Å². The van der Waals surface area contributed by atoms with Gasteiger partial charge < -0.3 is 10.6 Å². The Labute approximate surface area is 153 Å². The van der Waals surface area contributed by atoms with E-state index in [1.165, 1.54) is 18.7 Å². The van der Waals surface area contributed by atoms with Gasteiger partial charge in [-0.05, 0) is 55.7 Å². The van der Waals surface area contributed by atoms with Crippen LogP contribution in [0.4, 0.5) is 11.4 Å². The lowest BCUT2D eigenvalue weighted by atomic mass is 10.1. The second kappa shape index (κ2) is 8.72. The third-order valence-corrected chi connectivity index (χ3v) is 4.96. The minimum atomic E-state index is -0.226. The smallest absolute Gasteiger partial charge is 0.237 e. The van der Waals surface area contributed by atoms with Gasteiger partial charge in [0.2, 0.25) is 11.8 Å². The van der Waals surface area contributed by atoms with Crippen molar-refractivity contribution in [2.24, 2.45) is 0 Å². The lowest BCUT2D eigenvalue weighted by Crippen LogP contribution is -2.23. The van der Waals surface area contributed by atoms with Gasteiger partial charge in [-0.15, -0.1) is 11.8 Å². The minimum Gasteiger partial charge on any atom is -0.326 e. The summed E-state index contributed by atoms with van der Waals surface area (Å²) in [5.41, 5.74) is 3.89. The summed E-state index contributed by atoms with van der Waals surface area (Å²) >= 11 is 1.49. The van der Waals surface area contributed by atoms with Gasteiger partial charge in [-0.1, -0.05) is 25.1 Å². The first-order valence-electron chi connectivity index (χ1n) is 8.34. The molecule has 0 spiro atoms. The molecule has 2 rings (SSSR count). The van der Waals surface area contributed by atoms with Crippen LogP contribution in [-0.4, -0.2) is 17.1 Å². The van der Waals surface area contributed by atoms with Crippen molar-refractivity contribution in [3.05, 3.63) is 53.6 Å². The molecule has 0 heterocycles. The Morgan fingerprint density at radius 2 is 1.76 bits per heavy atom. The van der Waals surface area contributed by atoms with E-state index in [-0.39, 0.29) is 17.1 Å². The highest BCUT2D eigenvalue weighted by molar-refractivity contribution is 8.00. The average Bonchev–Trinajstić information content (AvgIpc) is 2.57. The third kappa shape index (κ3) is 5.36. The number of nitrogens with one attached hydrogen (secondary N) is 2. The van der Waals surface area contributed by atoms with Crippen LogP contribution >= 0.6 is 11.8 Å². The Bertz CT molecular complexity index is 757. The lowest BCUT2D eigenvalue weighted by Gasteiger charge is -2.16. The van der Waals surface area contributed by atoms with Crippen LogP contribution in [0.15, 0.2) is 47.4 Å². The summed E-state index contributed by atoms with van der Waals surface area (Å²) in [6.07, 6.45) is 0.878. The molecule has 0 radical (unpaired) electrons. The zero-order valence-electron chi connectivity index (χ0n) is 15.1. The van der Waals surface area contributed by atoms with Gasteiger partial charge in [0.05, 0.1) is 5.25 Å². The van der Waals surface area contributed by atoms with Crippen LogP contribution in [0.2, 0.25) is 0 Å². The first-order valence-corrected chi connectivity index (χ1v) is 9.22. The molecule has 4 nitrogen and oxygen atoms in total. The van der Waals surface area contributed by atoms with E-state index < -0.39 is 0 Å². The first-order chi connectivity index (χ1) is 11.9. The first kappa shape index (κ1) is 19.1. The molecular formula is C20H24N2O2S. The maximum absolute atomic E-state index is 12.6. The van der Waals surface area contributed by atoms with Crippen LogP contribution in [0.3, 0.4) is 0 Å². The summed E-state index contributed by atoms with van der Waals surface area (Å²) in [6.45, 7) is 7.46. The van der Waals surface area contributed by atoms with Crippen molar-refractivity contribution in [3.63, 3.8) is 0 Å². The van der Waals surface area contributed by atoms with Crippen molar-refractivity contribution in [1.29, 1.82) is 0 Å². The van der Waals surface area contributed by atoms with Gasteiger partial charge in [-0.3, -0.25) is 9.59 Å². The predicted molar refractivity (Wildman–Crippen MR) is 105 cm³/mol. The highest BCUT2D eigenvalue weighted by Crippen LogP contribution is 2.27. The van der Waals surface area contributed by atoms with Crippen molar-refractivity contribution in [3.8, 4) is 0 Å². The summed E-state index contributed by atoms with van der Waals surface area (Å²) < 4.78 is 0. The average molecular weight is 356 g/mol. The Kier molecular flexibility index (Phi) is 6.65. The van der Waals surface area contributed by atoms with Crippen LogP contribution in [0.1, 0.15) is 31.9 Å². The fraction of sp³-hybridized carbons (Fsp3) is 0.300. The molecule has 2 aromatic rings. The van der Waals surface area contributed by atoms with Crippen molar-refractivity contribution < 1.29 is 9.59 Å². The molecule has 0 saturated carbocycles. The number of anilines is 2. The third-order valence-electron chi connectivity index (χ3n) is 3.84. The van der Waals surface area contributed by atoms with E-state index >= 15 is 0 Å². The standard InChI is InChI=1S/C20H24N2O2S/c1-5-16-8-6-7-13(2)19(16)22-20(24)14(3)25-18-11-9-17(10-12-18)21-15(4)23/h6-12,14H,5H2,1-4H3,(H,21,23)(H,22,24). The van der Waals surface area contributed by atoms with Gasteiger partial charge in [-0.25, -0.2) is 0 Å². The highest BCUT2D eigenvalue weighted by Gasteiger charge is 2.16. The summed E-state index contributed by atoms with van der Waals surface area (Å²) in [6, 6.07) is 13.6. The number of hydrogen-bond donors (Lipinski definition) is 2. The van der Waals surface area contributed by atoms with Gasteiger partial charge in [0, 0.05) is 23.2 Å². The molecule has 0 aliphatic heterocycles. The second-order valence-electron chi connectivity index (χ2n) is 5.92. The number of amides is 2. The Morgan fingerprint density at radius 1 is 1.08 bits per heavy atom. The highest BCUT2D eigenvalue weighted by atomic mass is 32.2. The molecule has 0 aliphatic carbocycles. The molecule has 0 aromatic heterocycles. The van der Waals surface area contributed by atoms with Gasteiger partial charge in [0.15, 0.2) is 0 Å². The van der Waals surface area contributed by atoms with Gasteiger partial charge in [0.25, 0.3) is 0 Å². The molecule has 1 atom stereocenters. The summed E-state index contributed by atoms with van der Waals surface area (Å²) in [5, 5.41) is 5.58. The molecule has 0 saturated heterocycles. The number of aryl methyl sites for hydroxylation is 2. The maximum Gasteiger partial charge on any atom is 0.237 e. The van der Waals surface area contributed by atoms with E-state index in [0.717, 1.165) is 33.8 Å². The fourth-order valence-corrected chi connectivity index (χ4v) is 3.37. The summed E-state index contributed by atoms with van der Waals surface area (Å²) in [5.74, 6) is -0.113. The molecular weight excluding hydrogens is 332 g/mol. The van der Waals surface area contributed by atoms with Crippen molar-refractivity contribution in [2.75, 3.05) is 10.6 Å². The number of rotatable bonds is 6.